The van der Waals surface area contributed by atoms with Gasteiger partial charge in [-0.05, 0) is 27.7 Å². The third-order valence-electron chi connectivity index (χ3n) is 0.695. The van der Waals surface area contributed by atoms with Crippen molar-refractivity contribution >= 4 is 29.8 Å². The van der Waals surface area contributed by atoms with Gasteiger partial charge in [0.25, 0.3) is 17.9 Å². The molecule has 0 aliphatic carbocycles. The quantitative estimate of drug-likeness (QED) is 0.142. The molecule has 45 heavy (non-hydrogen) atoms. The summed E-state index contributed by atoms with van der Waals surface area (Å²) in [4.78, 5) is 46.6. The van der Waals surface area contributed by atoms with Crippen molar-refractivity contribution in [3.05, 3.63) is 26.3 Å². The predicted octanol–water partition coefficient (Wildman–Crippen LogP) is 7.10. The van der Waals surface area contributed by atoms with Crippen molar-refractivity contribution in [2.75, 3.05) is 26.4 Å². The highest BCUT2D eigenvalue weighted by Crippen LogP contribution is 1.70. The van der Waals surface area contributed by atoms with Gasteiger partial charge in [-0.1, -0.05) is 59.4 Å². The van der Waals surface area contributed by atoms with Crippen molar-refractivity contribution in [2.45, 2.75) is 122 Å². The molecule has 15 nitrogen and oxygen atoms in total. The Balaban J connectivity index is -0.00000000560. The molecule has 0 saturated heterocycles. The summed E-state index contributed by atoms with van der Waals surface area (Å²) in [5.41, 5.74) is 0. The van der Waals surface area contributed by atoms with E-state index in [2.05, 4.69) is 35.8 Å². The van der Waals surface area contributed by atoms with E-state index in [0.717, 1.165) is 20.8 Å². The number of aliphatic carboxylic acids is 3. The molecule has 0 spiro atoms. The lowest BCUT2D eigenvalue weighted by Gasteiger charge is -1.89. The number of ether oxygens (including phenoxy) is 2. The van der Waals surface area contributed by atoms with Gasteiger partial charge >= 0.3 is 11.9 Å². The van der Waals surface area contributed by atoms with Crippen molar-refractivity contribution in [2.24, 2.45) is 0 Å². The first-order chi connectivity index (χ1) is 15.6. The van der Waals surface area contributed by atoms with E-state index in [0.29, 0.717) is 13.2 Å². The Hall–Kier alpha value is -3.37. The molecular weight excluding hydrogens is 600 g/mol. The van der Waals surface area contributed by atoms with Crippen LogP contribution in [0.2, 0.25) is 0 Å². The first kappa shape index (κ1) is 147. The zero-order valence-electron chi connectivity index (χ0n) is 23.8. The van der Waals surface area contributed by atoms with E-state index in [1.165, 1.54) is 13.8 Å². The van der Waals surface area contributed by atoms with Crippen LogP contribution in [0.3, 0.4) is 0 Å². The smallest absolute Gasteiger partial charge is 0.302 e. The van der Waals surface area contributed by atoms with Gasteiger partial charge in [0.05, 0.1) is 13.2 Å². The lowest BCUT2D eigenvalue weighted by molar-refractivity contribution is -0.141. The topological polar surface area (TPSA) is 299 Å². The third kappa shape index (κ3) is 8770. The fourth-order valence-corrected chi connectivity index (χ4v) is 0.407. The molecule has 308 valence electrons. The predicted molar refractivity (Wildman–Crippen MR) is 210 cm³/mol. The number of hydrogen-bond donors (Lipinski definition) is 5. The first-order valence-corrected chi connectivity index (χ1v) is 9.64. The van der Waals surface area contributed by atoms with Gasteiger partial charge in [-0.15, -0.1) is 26.3 Å². The van der Waals surface area contributed by atoms with Crippen molar-refractivity contribution in [3.63, 3.8) is 0 Å². The Morgan fingerprint density at radius 2 is 0.533 bits per heavy atom. The number of aliphatic hydroxyl groups is 2. The number of aliphatic hydroxyl groups excluding tert-OH is 2. The summed E-state index contributed by atoms with van der Waals surface area (Å²) < 4.78 is 8.81. The van der Waals surface area contributed by atoms with E-state index in [1.807, 2.05) is 0 Å². The van der Waals surface area contributed by atoms with Gasteiger partial charge in [0, 0.05) is 56.4 Å². The molecule has 15 heteroatoms. The molecule has 0 saturated carbocycles. The lowest BCUT2D eigenvalue weighted by atomic mass is 10.8. The molecule has 0 fully saturated rings. The van der Waals surface area contributed by atoms with E-state index in [9.17, 15) is 9.59 Å². The summed E-state index contributed by atoms with van der Waals surface area (Å²) in [5.74, 6) is -2.92. The van der Waals surface area contributed by atoms with Crippen LogP contribution < -0.4 is 0 Å². The SMILES string of the molecule is C.C.C.C.C.C.C.C.C=C.C=C.CC(=O)O.CC(=O)O.CC(=O)O.CCO.CCO.CCOC(C)=O.CCOC(C)=O.O.O.O.[HH].[HH].[HH].[HH].[HH].[HH]. The maximum Gasteiger partial charge on any atom is 0.302 e. The van der Waals surface area contributed by atoms with Crippen molar-refractivity contribution in [3.8, 4) is 0 Å². The Kier molecular flexibility index (Phi) is 670. The van der Waals surface area contributed by atoms with Gasteiger partial charge in [0.15, 0.2) is 0 Å². The Bertz CT molecular complexity index is 386. The Labute approximate surface area is 288 Å². The second kappa shape index (κ2) is 205. The summed E-state index contributed by atoms with van der Waals surface area (Å²) in [6.07, 6.45) is 0. The lowest BCUT2D eigenvalue weighted by Crippen LogP contribution is -1.95. The van der Waals surface area contributed by atoms with E-state index < -0.39 is 17.9 Å². The zero-order valence-corrected chi connectivity index (χ0v) is 23.8. The fraction of sp³-hybridized carbons (Fsp3) is 0.700. The molecule has 0 aromatic rings. The summed E-state index contributed by atoms with van der Waals surface area (Å²) in [7, 11) is 0. The number of hydrogen-bond acceptors (Lipinski definition) is 9. The number of esters is 2. The number of carboxylic acids is 3. The standard InChI is InChI=1S/2C4H8O2.3C2H4O2.2C2H6O.2C2H4.8CH4.3H2O.6H2/c2*1-3-6-4(2)5;3*1-2(3)4;2*1-2-3;2*1-2;;;;;;;;;;;;;;;;;/h2*3H2,1-2H3;3*1H3,(H,3,4);2*3H,2H2,1H3;2*1-2H2;8*1H4;3*1H2;6*1H. The number of rotatable bonds is 2. The minimum Gasteiger partial charge on any atom is -0.481 e. The molecule has 11 N–H and O–H groups in total. The van der Waals surface area contributed by atoms with Crippen molar-refractivity contribution in [1.29, 1.82) is 0 Å². The molecule has 0 atom stereocenters. The van der Waals surface area contributed by atoms with Crippen LogP contribution in [0, 0.1) is 0 Å². The largest absolute Gasteiger partial charge is 0.481 e. The summed E-state index contributed by atoms with van der Waals surface area (Å²) in [5, 5.41) is 37.4. The maximum atomic E-state index is 9.82. The number of carboxylic acid groups (broad SMARTS) is 3. The van der Waals surface area contributed by atoms with Crippen molar-refractivity contribution in [1.82, 2.24) is 0 Å². The summed E-state index contributed by atoms with van der Waals surface area (Å²) in [6, 6.07) is 0. The highest BCUT2D eigenvalue weighted by molar-refractivity contribution is 5.66. The molecule has 0 aromatic heterocycles. The summed E-state index contributed by atoms with van der Waals surface area (Å²) >= 11 is 0. The monoisotopic (exact) mass is 699 g/mol. The average molecular weight is 699 g/mol. The molecule has 0 radical (unpaired) electrons. The van der Waals surface area contributed by atoms with E-state index in [-0.39, 0.29) is 110 Å². The second-order valence-corrected chi connectivity index (χ2v) is 4.04. The highest BCUT2D eigenvalue weighted by Gasteiger charge is 1.82. The molecule has 0 heterocycles. The molecule has 0 amide bonds. The number of carbonyl (C=O) groups is 5. The first-order valence-electron chi connectivity index (χ1n) is 9.64. The van der Waals surface area contributed by atoms with Crippen LogP contribution in [0.25, 0.3) is 0 Å². The van der Waals surface area contributed by atoms with Gasteiger partial charge in [0.1, 0.15) is 0 Å². The van der Waals surface area contributed by atoms with Crippen LogP contribution in [0.15, 0.2) is 26.3 Å². The van der Waals surface area contributed by atoms with Gasteiger partial charge in [-0.25, -0.2) is 0 Å². The third-order valence-corrected chi connectivity index (χ3v) is 0.695. The van der Waals surface area contributed by atoms with Gasteiger partial charge < -0.3 is 51.4 Å². The minimum absolute atomic E-state index is 0. The average Bonchev–Trinajstić information content (AvgIpc) is 2.65. The normalized spacial score (nSPS) is 4.69. The molecule has 0 bridgehead atoms. The maximum absolute atomic E-state index is 9.82. The Morgan fingerprint density at radius 1 is 0.467 bits per heavy atom. The van der Waals surface area contributed by atoms with Crippen LogP contribution in [-0.2, 0) is 33.4 Å². The van der Waals surface area contributed by atoms with E-state index in [1.54, 1.807) is 27.7 Å². The fourth-order valence-electron chi connectivity index (χ4n) is 0.407. The van der Waals surface area contributed by atoms with Crippen LogP contribution in [0.4, 0.5) is 0 Å². The van der Waals surface area contributed by atoms with Gasteiger partial charge in [-0.3, -0.25) is 24.0 Å². The Morgan fingerprint density at radius 3 is 0.533 bits per heavy atom. The van der Waals surface area contributed by atoms with Crippen LogP contribution in [-0.4, -0.2) is 98.2 Å². The number of carbonyl (C=O) groups excluding carboxylic acids is 2. The van der Waals surface area contributed by atoms with Crippen LogP contribution >= 0.6 is 0 Å². The molecular formula is C30H98O15. The van der Waals surface area contributed by atoms with Gasteiger partial charge in [0.2, 0.25) is 0 Å². The molecule has 0 aliphatic heterocycles. The van der Waals surface area contributed by atoms with Crippen LogP contribution in [0.5, 0.6) is 0 Å². The van der Waals surface area contributed by atoms with Crippen molar-refractivity contribution < 1.29 is 84.0 Å². The zero-order chi connectivity index (χ0) is 30.1. The molecule has 0 aliphatic rings. The summed E-state index contributed by atoms with van der Waals surface area (Å²) in [6.45, 7) is 26.4. The molecule has 0 aromatic carbocycles. The molecule has 0 unspecified atom stereocenters. The van der Waals surface area contributed by atoms with E-state index >= 15 is 0 Å². The molecule has 0 rings (SSSR count). The second-order valence-electron chi connectivity index (χ2n) is 4.04. The minimum atomic E-state index is -0.833. The van der Waals surface area contributed by atoms with Gasteiger partial charge in [-0.2, -0.15) is 0 Å². The van der Waals surface area contributed by atoms with Crippen LogP contribution in [0.1, 0.15) is 130 Å². The van der Waals surface area contributed by atoms with E-state index in [4.69, 9.17) is 39.9 Å². The highest BCUT2D eigenvalue weighted by atomic mass is 16.5.